The lowest BCUT2D eigenvalue weighted by atomic mass is 10.1. The number of aromatic nitrogens is 1. The molecule has 2 rings (SSSR count). The molecule has 0 aliphatic heterocycles. The lowest BCUT2D eigenvalue weighted by Crippen LogP contribution is -2.23. The normalized spacial score (nSPS) is 12.5. The highest BCUT2D eigenvalue weighted by Gasteiger charge is 2.12. The van der Waals surface area contributed by atoms with Crippen molar-refractivity contribution in [3.63, 3.8) is 0 Å². The summed E-state index contributed by atoms with van der Waals surface area (Å²) in [6.45, 7) is 3.24. The van der Waals surface area contributed by atoms with E-state index >= 15 is 0 Å². The van der Waals surface area contributed by atoms with E-state index in [0.717, 1.165) is 19.4 Å². The molecule has 0 saturated heterocycles. The Kier molecular flexibility index (Phi) is 4.71. The van der Waals surface area contributed by atoms with Gasteiger partial charge in [0, 0.05) is 17.1 Å². The molecule has 1 N–H and O–H groups in total. The first-order valence-electron chi connectivity index (χ1n) is 6.06. The predicted octanol–water partition coefficient (Wildman–Crippen LogP) is 3.43. The Bertz CT molecular complexity index is 411. The molecular weight excluding hydrogens is 228 g/mol. The number of hydrogen-bond donors (Lipinski definition) is 1. The van der Waals surface area contributed by atoms with Gasteiger partial charge in [-0.15, -0.1) is 11.3 Å². The predicted molar refractivity (Wildman–Crippen MR) is 73.3 cm³/mol. The van der Waals surface area contributed by atoms with Crippen LogP contribution in [0.4, 0.5) is 0 Å². The van der Waals surface area contributed by atoms with Crippen LogP contribution in [0.3, 0.4) is 0 Å². The van der Waals surface area contributed by atoms with E-state index in [9.17, 15) is 0 Å². The molecule has 2 nitrogen and oxygen atoms in total. The van der Waals surface area contributed by atoms with E-state index < -0.39 is 0 Å². The Morgan fingerprint density at radius 3 is 2.76 bits per heavy atom. The van der Waals surface area contributed by atoms with E-state index in [-0.39, 0.29) is 0 Å². The van der Waals surface area contributed by atoms with E-state index in [4.69, 9.17) is 0 Å². The minimum atomic E-state index is 0.393. The van der Waals surface area contributed by atoms with Crippen LogP contribution in [0.1, 0.15) is 29.8 Å². The molecule has 17 heavy (non-hydrogen) atoms. The standard InChI is InChI=1S/C14H18N2S/c1-2-8-16-13(14-10-15-11-17-14)9-12-6-4-3-5-7-12/h3-7,10-11,13,16H,2,8-9H2,1H3. The SMILES string of the molecule is CCCNC(Cc1ccccc1)c1cncs1. The van der Waals surface area contributed by atoms with Crippen molar-refractivity contribution < 1.29 is 0 Å². The average Bonchev–Trinajstić information content (AvgIpc) is 2.89. The summed E-state index contributed by atoms with van der Waals surface area (Å²) in [7, 11) is 0. The molecule has 0 radical (unpaired) electrons. The summed E-state index contributed by atoms with van der Waals surface area (Å²) in [5.74, 6) is 0. The van der Waals surface area contributed by atoms with Gasteiger partial charge >= 0.3 is 0 Å². The van der Waals surface area contributed by atoms with Crippen molar-refractivity contribution in [2.75, 3.05) is 6.54 Å². The van der Waals surface area contributed by atoms with Crippen molar-refractivity contribution in [2.24, 2.45) is 0 Å². The third-order valence-corrected chi connectivity index (χ3v) is 3.61. The van der Waals surface area contributed by atoms with E-state index in [2.05, 4.69) is 47.6 Å². The van der Waals surface area contributed by atoms with Gasteiger partial charge in [-0.25, -0.2) is 0 Å². The molecule has 0 spiro atoms. The Morgan fingerprint density at radius 2 is 2.12 bits per heavy atom. The highest BCUT2D eigenvalue weighted by atomic mass is 32.1. The Labute approximate surface area is 107 Å². The summed E-state index contributed by atoms with van der Waals surface area (Å²) in [6, 6.07) is 11.0. The van der Waals surface area contributed by atoms with Gasteiger partial charge in [-0.3, -0.25) is 4.98 Å². The smallest absolute Gasteiger partial charge is 0.0794 e. The van der Waals surface area contributed by atoms with Crippen molar-refractivity contribution in [3.8, 4) is 0 Å². The van der Waals surface area contributed by atoms with Crippen LogP contribution in [-0.2, 0) is 6.42 Å². The lowest BCUT2D eigenvalue weighted by Gasteiger charge is -2.16. The fourth-order valence-electron chi connectivity index (χ4n) is 1.84. The van der Waals surface area contributed by atoms with Crippen LogP contribution in [0.2, 0.25) is 0 Å². The number of nitrogens with one attached hydrogen (secondary N) is 1. The molecule has 0 bridgehead atoms. The molecule has 1 aromatic heterocycles. The Balaban J connectivity index is 2.06. The van der Waals surface area contributed by atoms with Crippen LogP contribution in [-0.4, -0.2) is 11.5 Å². The van der Waals surface area contributed by atoms with Crippen LogP contribution >= 0.6 is 11.3 Å². The number of hydrogen-bond acceptors (Lipinski definition) is 3. The Hall–Kier alpha value is -1.19. The van der Waals surface area contributed by atoms with Gasteiger partial charge < -0.3 is 5.32 Å². The van der Waals surface area contributed by atoms with E-state index in [1.165, 1.54) is 10.4 Å². The number of rotatable bonds is 6. The first-order valence-corrected chi connectivity index (χ1v) is 6.94. The van der Waals surface area contributed by atoms with Crippen molar-refractivity contribution in [1.82, 2.24) is 10.3 Å². The van der Waals surface area contributed by atoms with Crippen LogP contribution in [0, 0.1) is 0 Å². The molecule has 0 aliphatic rings. The molecule has 1 aromatic carbocycles. The minimum Gasteiger partial charge on any atom is -0.309 e. The summed E-state index contributed by atoms with van der Waals surface area (Å²) in [4.78, 5) is 5.49. The number of benzene rings is 1. The molecular formula is C14H18N2S. The van der Waals surface area contributed by atoms with Gasteiger partial charge in [-0.2, -0.15) is 0 Å². The second-order valence-electron chi connectivity index (χ2n) is 4.10. The van der Waals surface area contributed by atoms with Gasteiger partial charge in [0.25, 0.3) is 0 Å². The van der Waals surface area contributed by atoms with Gasteiger partial charge in [0.05, 0.1) is 5.51 Å². The number of nitrogens with zero attached hydrogens (tertiary/aromatic N) is 1. The van der Waals surface area contributed by atoms with Gasteiger partial charge in [0.1, 0.15) is 0 Å². The van der Waals surface area contributed by atoms with E-state index in [0.29, 0.717) is 6.04 Å². The zero-order valence-electron chi connectivity index (χ0n) is 10.1. The van der Waals surface area contributed by atoms with Crippen LogP contribution in [0.15, 0.2) is 42.0 Å². The molecule has 1 heterocycles. The molecule has 2 aromatic rings. The van der Waals surface area contributed by atoms with E-state index in [1.807, 2.05) is 11.7 Å². The molecule has 1 atom stereocenters. The molecule has 3 heteroatoms. The van der Waals surface area contributed by atoms with Crippen molar-refractivity contribution in [1.29, 1.82) is 0 Å². The zero-order valence-corrected chi connectivity index (χ0v) is 10.9. The second kappa shape index (κ2) is 6.52. The van der Waals surface area contributed by atoms with Gasteiger partial charge in [0.2, 0.25) is 0 Å². The topological polar surface area (TPSA) is 24.9 Å². The van der Waals surface area contributed by atoms with Crippen LogP contribution in [0.25, 0.3) is 0 Å². The summed E-state index contributed by atoms with van der Waals surface area (Å²) >= 11 is 1.73. The fraction of sp³-hybridized carbons (Fsp3) is 0.357. The zero-order chi connectivity index (χ0) is 11.9. The molecule has 0 fully saturated rings. The maximum atomic E-state index is 4.17. The van der Waals surface area contributed by atoms with Crippen molar-refractivity contribution in [3.05, 3.63) is 52.5 Å². The van der Waals surface area contributed by atoms with Gasteiger partial charge in [-0.05, 0) is 24.9 Å². The third-order valence-electron chi connectivity index (χ3n) is 2.72. The second-order valence-corrected chi connectivity index (χ2v) is 5.02. The highest BCUT2D eigenvalue weighted by Crippen LogP contribution is 2.21. The van der Waals surface area contributed by atoms with Crippen molar-refractivity contribution >= 4 is 11.3 Å². The Morgan fingerprint density at radius 1 is 1.29 bits per heavy atom. The fourth-order valence-corrected chi connectivity index (χ4v) is 2.54. The first kappa shape index (κ1) is 12.3. The summed E-state index contributed by atoms with van der Waals surface area (Å²) < 4.78 is 0. The largest absolute Gasteiger partial charge is 0.309 e. The molecule has 0 saturated carbocycles. The third kappa shape index (κ3) is 3.65. The maximum Gasteiger partial charge on any atom is 0.0794 e. The monoisotopic (exact) mass is 246 g/mol. The molecule has 0 amide bonds. The van der Waals surface area contributed by atoms with Gasteiger partial charge in [0.15, 0.2) is 0 Å². The first-order chi connectivity index (χ1) is 8.40. The minimum absolute atomic E-state index is 0.393. The molecule has 0 aliphatic carbocycles. The number of thiazole rings is 1. The van der Waals surface area contributed by atoms with Crippen molar-refractivity contribution in [2.45, 2.75) is 25.8 Å². The summed E-state index contributed by atoms with van der Waals surface area (Å²) in [5, 5.41) is 3.59. The lowest BCUT2D eigenvalue weighted by molar-refractivity contribution is 0.536. The highest BCUT2D eigenvalue weighted by molar-refractivity contribution is 7.09. The summed E-state index contributed by atoms with van der Waals surface area (Å²) in [5.41, 5.74) is 3.27. The van der Waals surface area contributed by atoms with Gasteiger partial charge in [-0.1, -0.05) is 37.3 Å². The average molecular weight is 246 g/mol. The summed E-state index contributed by atoms with van der Waals surface area (Å²) in [6.07, 6.45) is 4.16. The molecule has 90 valence electrons. The van der Waals surface area contributed by atoms with E-state index in [1.54, 1.807) is 11.3 Å². The maximum absolute atomic E-state index is 4.17. The molecule has 1 unspecified atom stereocenters. The van der Waals surface area contributed by atoms with Crippen LogP contribution in [0.5, 0.6) is 0 Å². The quantitative estimate of drug-likeness (QED) is 0.844. The van der Waals surface area contributed by atoms with Crippen LogP contribution < -0.4 is 5.32 Å².